The van der Waals surface area contributed by atoms with Crippen LogP contribution in [0.4, 0.5) is 0 Å². The zero-order valence-electron chi connectivity index (χ0n) is 32.9. The molecule has 1 heterocycles. The van der Waals surface area contributed by atoms with Crippen molar-refractivity contribution in [1.82, 2.24) is 53.2 Å². The Morgan fingerprint density at radius 2 is 0.732 bits per heavy atom. The molecule has 0 saturated carbocycles. The standard InChI is InChI=1S/C40H66N10O2S4/c53-37-43-21-17-41-19-23-45-39(55)49-29-36(16-8-10-26-52-32-34-13-5-2-6-14-34)30-50-40(56)46-24-20-42-18-22-44-38(54)48-28-35(27-47-37)15-7-9-25-51-31-33-11-3-1-4-12-33/h1-6,11-14,35-36,41-42H,7-10,15-32H2,(H2,43,47,53)(H2,44,48,54)(H2,45,49,55)(H2,46,50,56). The van der Waals surface area contributed by atoms with Crippen LogP contribution in [0.3, 0.4) is 0 Å². The van der Waals surface area contributed by atoms with Crippen molar-refractivity contribution in [3.8, 4) is 0 Å². The maximum absolute atomic E-state index is 5.90. The Balaban J connectivity index is 1.39. The average Bonchev–Trinajstić information content (AvgIpc) is 3.21. The number of benzene rings is 2. The molecule has 312 valence electrons. The second-order valence-electron chi connectivity index (χ2n) is 13.8. The molecule has 0 amide bonds. The van der Waals surface area contributed by atoms with Crippen molar-refractivity contribution in [3.63, 3.8) is 0 Å². The Morgan fingerprint density at radius 3 is 1.05 bits per heavy atom. The second kappa shape index (κ2) is 32.0. The molecule has 1 aliphatic heterocycles. The first kappa shape index (κ1) is 47.4. The predicted octanol–water partition coefficient (Wildman–Crippen LogP) is 3.04. The van der Waals surface area contributed by atoms with Crippen LogP contribution in [0.2, 0.25) is 0 Å². The van der Waals surface area contributed by atoms with Gasteiger partial charge >= 0.3 is 0 Å². The molecule has 1 saturated heterocycles. The van der Waals surface area contributed by atoms with Gasteiger partial charge in [-0.2, -0.15) is 0 Å². The van der Waals surface area contributed by atoms with Gasteiger partial charge in [-0.05, 0) is 97.5 Å². The Hall–Kier alpha value is -2.96. The molecule has 0 aromatic heterocycles. The van der Waals surface area contributed by atoms with Gasteiger partial charge in [-0.25, -0.2) is 0 Å². The van der Waals surface area contributed by atoms with E-state index in [-0.39, 0.29) is 0 Å². The zero-order valence-corrected chi connectivity index (χ0v) is 36.2. The van der Waals surface area contributed by atoms with Gasteiger partial charge in [-0.3, -0.25) is 0 Å². The summed E-state index contributed by atoms with van der Waals surface area (Å²) in [5, 5.41) is 36.5. The van der Waals surface area contributed by atoms with Gasteiger partial charge in [-0.1, -0.05) is 73.5 Å². The molecule has 1 aliphatic rings. The number of thiocarbonyl (C=S) groups is 4. The third-order valence-corrected chi connectivity index (χ3v) is 10.2. The van der Waals surface area contributed by atoms with E-state index >= 15 is 0 Å². The van der Waals surface area contributed by atoms with E-state index in [1.807, 2.05) is 36.4 Å². The normalized spacial score (nSPS) is 19.5. The third kappa shape index (κ3) is 25.3. The molecule has 1 fully saturated rings. The van der Waals surface area contributed by atoms with E-state index in [0.717, 1.165) is 130 Å². The Bertz CT molecular complexity index is 1200. The van der Waals surface area contributed by atoms with Crippen LogP contribution < -0.4 is 53.2 Å². The van der Waals surface area contributed by atoms with Crippen LogP contribution in [0.1, 0.15) is 49.7 Å². The predicted molar refractivity (Wildman–Crippen MR) is 247 cm³/mol. The fourth-order valence-electron chi connectivity index (χ4n) is 5.86. The van der Waals surface area contributed by atoms with Crippen molar-refractivity contribution in [2.45, 2.75) is 51.7 Å². The van der Waals surface area contributed by atoms with Crippen molar-refractivity contribution in [1.29, 1.82) is 0 Å². The zero-order chi connectivity index (χ0) is 39.7. The van der Waals surface area contributed by atoms with E-state index in [1.54, 1.807) is 0 Å². The van der Waals surface area contributed by atoms with Crippen LogP contribution in [0, 0.1) is 11.8 Å². The maximum atomic E-state index is 5.90. The molecule has 16 heteroatoms. The lowest BCUT2D eigenvalue weighted by atomic mass is 10.0. The highest BCUT2D eigenvalue weighted by atomic mass is 32.1. The summed E-state index contributed by atoms with van der Waals surface area (Å²) in [6.45, 7) is 11.8. The molecule has 2 aromatic carbocycles. The summed E-state index contributed by atoms with van der Waals surface area (Å²) in [4.78, 5) is 0. The van der Waals surface area contributed by atoms with Crippen LogP contribution in [-0.4, -0.2) is 112 Å². The van der Waals surface area contributed by atoms with Gasteiger partial charge in [0.1, 0.15) is 0 Å². The second-order valence-corrected chi connectivity index (χ2v) is 15.5. The van der Waals surface area contributed by atoms with Gasteiger partial charge in [-0.15, -0.1) is 0 Å². The Kier molecular flexibility index (Phi) is 27.1. The summed E-state index contributed by atoms with van der Waals surface area (Å²) in [7, 11) is 0. The van der Waals surface area contributed by atoms with Crippen LogP contribution in [0.25, 0.3) is 0 Å². The lowest BCUT2D eigenvalue weighted by molar-refractivity contribution is 0.116. The first-order chi connectivity index (χ1) is 27.5. The fraction of sp³-hybridized carbons (Fsp3) is 0.600. The van der Waals surface area contributed by atoms with E-state index < -0.39 is 0 Å². The van der Waals surface area contributed by atoms with Gasteiger partial charge in [0.2, 0.25) is 0 Å². The highest BCUT2D eigenvalue weighted by molar-refractivity contribution is 7.80. The van der Waals surface area contributed by atoms with Crippen LogP contribution >= 0.6 is 48.9 Å². The molecule has 0 unspecified atom stereocenters. The van der Waals surface area contributed by atoms with Gasteiger partial charge in [0.25, 0.3) is 0 Å². The molecule has 10 N–H and O–H groups in total. The van der Waals surface area contributed by atoms with Gasteiger partial charge in [0.15, 0.2) is 20.4 Å². The third-order valence-electron chi connectivity index (χ3n) is 9.08. The minimum Gasteiger partial charge on any atom is -0.377 e. The fourth-order valence-corrected chi connectivity index (χ4v) is 6.60. The topological polar surface area (TPSA) is 139 Å². The number of nitrogens with one attached hydrogen (secondary N) is 10. The molecule has 0 radical (unpaired) electrons. The summed E-state index contributed by atoms with van der Waals surface area (Å²) in [5.41, 5.74) is 2.40. The molecule has 0 spiro atoms. The van der Waals surface area contributed by atoms with Crippen LogP contribution in [0.5, 0.6) is 0 Å². The molecule has 2 aromatic rings. The molecule has 0 bridgehead atoms. The molecule has 56 heavy (non-hydrogen) atoms. The van der Waals surface area contributed by atoms with Crippen LogP contribution in [-0.2, 0) is 22.7 Å². The summed E-state index contributed by atoms with van der Waals surface area (Å²) >= 11 is 22.4. The van der Waals surface area contributed by atoms with E-state index in [1.165, 1.54) is 11.1 Å². The van der Waals surface area contributed by atoms with Gasteiger partial charge < -0.3 is 62.6 Å². The first-order valence-electron chi connectivity index (χ1n) is 20.2. The van der Waals surface area contributed by atoms with Gasteiger partial charge in [0, 0.05) is 91.8 Å². The van der Waals surface area contributed by atoms with Crippen molar-refractivity contribution in [3.05, 3.63) is 71.8 Å². The van der Waals surface area contributed by atoms with Crippen molar-refractivity contribution < 1.29 is 9.47 Å². The Labute approximate surface area is 357 Å². The van der Waals surface area contributed by atoms with E-state index in [4.69, 9.17) is 58.3 Å². The molecular weight excluding hydrogens is 781 g/mol. The highest BCUT2D eigenvalue weighted by Crippen LogP contribution is 2.10. The van der Waals surface area contributed by atoms with E-state index in [0.29, 0.717) is 45.5 Å². The highest BCUT2D eigenvalue weighted by Gasteiger charge is 2.12. The summed E-state index contributed by atoms with van der Waals surface area (Å²) in [5.74, 6) is 0.692. The number of ether oxygens (including phenoxy) is 2. The minimum atomic E-state index is 0.346. The maximum Gasteiger partial charge on any atom is 0.166 e. The Morgan fingerprint density at radius 1 is 0.411 bits per heavy atom. The quantitative estimate of drug-likeness (QED) is 0.101. The van der Waals surface area contributed by atoms with E-state index in [2.05, 4.69) is 77.4 Å². The molecule has 3 rings (SSSR count). The summed E-state index contributed by atoms with van der Waals surface area (Å²) in [6.07, 6.45) is 6.19. The molecule has 12 nitrogen and oxygen atoms in total. The summed E-state index contributed by atoms with van der Waals surface area (Å²) in [6, 6.07) is 20.6. The monoisotopic (exact) mass is 846 g/mol. The SMILES string of the molecule is S=C1NCCNCCNC(=S)NCC(CCCCOCc2ccccc2)CNC(=S)NCCNCCNC(=S)NCC(CCCCOCc2ccccc2)CN1. The molecule has 0 aliphatic carbocycles. The number of hydrogen-bond acceptors (Lipinski definition) is 8. The lowest BCUT2D eigenvalue weighted by Crippen LogP contribution is -2.46. The van der Waals surface area contributed by atoms with Gasteiger partial charge in [0.05, 0.1) is 13.2 Å². The minimum absolute atomic E-state index is 0.346. The summed E-state index contributed by atoms with van der Waals surface area (Å²) < 4.78 is 11.8. The van der Waals surface area contributed by atoms with E-state index in [9.17, 15) is 0 Å². The van der Waals surface area contributed by atoms with Crippen molar-refractivity contribution in [2.24, 2.45) is 11.8 Å². The smallest absolute Gasteiger partial charge is 0.166 e. The van der Waals surface area contributed by atoms with Crippen LogP contribution in [0.15, 0.2) is 60.7 Å². The number of unbranched alkanes of at least 4 members (excludes halogenated alkanes) is 2. The molecule has 0 atom stereocenters. The average molecular weight is 847 g/mol. The first-order valence-corrected chi connectivity index (χ1v) is 21.8. The van der Waals surface area contributed by atoms with Crippen molar-refractivity contribution >= 4 is 69.3 Å². The number of hydrogen-bond donors (Lipinski definition) is 10. The number of rotatable bonds is 14. The van der Waals surface area contributed by atoms with Crippen molar-refractivity contribution in [2.75, 3.05) is 91.8 Å². The molecular formula is C40H66N10O2S4. The largest absolute Gasteiger partial charge is 0.377 e. The lowest BCUT2D eigenvalue weighted by Gasteiger charge is -2.21.